The second-order valence-corrected chi connectivity index (χ2v) is 18.3. The first-order valence-corrected chi connectivity index (χ1v) is 18.7. The summed E-state index contributed by atoms with van der Waals surface area (Å²) in [5, 5.41) is 9.95. The van der Waals surface area contributed by atoms with Gasteiger partial charge in [0.2, 0.25) is 0 Å². The Kier molecular flexibility index (Phi) is 8.67. The number of aromatic nitrogens is 3. The summed E-state index contributed by atoms with van der Waals surface area (Å²) >= 11 is 6.85. The summed E-state index contributed by atoms with van der Waals surface area (Å²) in [6, 6.07) is 21.8. The molecule has 2 aliphatic heterocycles. The molecule has 6 rings (SSSR count). The van der Waals surface area contributed by atoms with Crippen molar-refractivity contribution < 1.29 is 24.1 Å². The lowest BCUT2D eigenvalue weighted by Crippen LogP contribution is -2.34. The monoisotopic (exact) mass is 607 g/mol. The van der Waals surface area contributed by atoms with E-state index in [2.05, 4.69) is 43.9 Å². The number of benzene rings is 2. The SMILES string of the molecule is C[Si](C)(C)CCOCn1c(O[C@@H]2CO[C@@H]3C(CCO)CO[C@@H]32)nc2nc(-c3ccc(-c4ccccc4)cc3)c(Cl)cc21. The van der Waals surface area contributed by atoms with Crippen LogP contribution in [0.2, 0.25) is 30.7 Å². The van der Waals surface area contributed by atoms with Gasteiger partial charge in [-0.2, -0.15) is 4.98 Å². The summed E-state index contributed by atoms with van der Waals surface area (Å²) in [6.45, 7) is 8.98. The minimum Gasteiger partial charge on any atom is -0.456 e. The van der Waals surface area contributed by atoms with E-state index in [0.717, 1.165) is 28.3 Å². The Morgan fingerprint density at radius 2 is 1.67 bits per heavy atom. The van der Waals surface area contributed by atoms with Crippen LogP contribution in [0.25, 0.3) is 33.5 Å². The molecule has 2 saturated heterocycles. The normalized spacial score (nSPS) is 22.1. The summed E-state index contributed by atoms with van der Waals surface area (Å²) in [5.74, 6) is 0.161. The molecule has 2 aromatic carbocycles. The van der Waals surface area contributed by atoms with E-state index in [0.29, 0.717) is 48.6 Å². The Bertz CT molecular complexity index is 1510. The van der Waals surface area contributed by atoms with Crippen LogP contribution in [0.15, 0.2) is 60.7 Å². The predicted molar refractivity (Wildman–Crippen MR) is 167 cm³/mol. The van der Waals surface area contributed by atoms with Crippen molar-refractivity contribution in [3.63, 3.8) is 0 Å². The maximum atomic E-state index is 9.43. The molecule has 4 heterocycles. The second kappa shape index (κ2) is 12.4. The van der Waals surface area contributed by atoms with Gasteiger partial charge in [0.1, 0.15) is 12.8 Å². The number of fused-ring (bicyclic) bond motifs is 2. The number of aliphatic hydroxyl groups is 1. The molecule has 0 aliphatic carbocycles. The maximum Gasteiger partial charge on any atom is 0.301 e. The first kappa shape index (κ1) is 29.3. The lowest BCUT2D eigenvalue weighted by atomic mass is 9.98. The molecule has 0 spiro atoms. The highest BCUT2D eigenvalue weighted by Gasteiger charge is 2.49. The lowest BCUT2D eigenvalue weighted by molar-refractivity contribution is 0.0167. The van der Waals surface area contributed by atoms with E-state index < -0.39 is 8.07 Å². The number of halogens is 1. The highest BCUT2D eigenvalue weighted by atomic mass is 35.5. The standard InChI is InChI=1S/C32H38ClN3O5Si/c1-42(2,3)16-15-38-20-36-26-17-25(33)28(23-11-9-22(10-12-23)21-7-5-4-6-8-21)34-31(26)35-32(36)41-27-19-40-29-24(13-14-37)18-39-30(27)29/h4-12,17,24,27,29-30,37H,13-16,18-20H2,1-3H3/t24?,27-,29-,30-/m1/s1. The van der Waals surface area contributed by atoms with Gasteiger partial charge in [0.05, 0.1) is 35.6 Å². The Hall–Kier alpha value is -2.79. The van der Waals surface area contributed by atoms with E-state index in [9.17, 15) is 5.11 Å². The van der Waals surface area contributed by atoms with Crippen molar-refractivity contribution in [1.82, 2.24) is 14.5 Å². The maximum absolute atomic E-state index is 9.43. The largest absolute Gasteiger partial charge is 0.456 e. The number of ether oxygens (including phenoxy) is 4. The van der Waals surface area contributed by atoms with Crippen LogP contribution in [-0.2, 0) is 20.9 Å². The first-order valence-electron chi connectivity index (χ1n) is 14.6. The third kappa shape index (κ3) is 6.27. The van der Waals surface area contributed by atoms with Gasteiger partial charge in [-0.1, -0.05) is 85.8 Å². The molecule has 8 nitrogen and oxygen atoms in total. The first-order chi connectivity index (χ1) is 20.3. The molecule has 10 heteroatoms. The van der Waals surface area contributed by atoms with Crippen molar-refractivity contribution in [1.29, 1.82) is 0 Å². The van der Waals surface area contributed by atoms with Crippen molar-refractivity contribution in [2.75, 3.05) is 26.4 Å². The smallest absolute Gasteiger partial charge is 0.301 e. The number of pyridine rings is 1. The number of hydrogen-bond acceptors (Lipinski definition) is 7. The molecular weight excluding hydrogens is 570 g/mol. The van der Waals surface area contributed by atoms with E-state index >= 15 is 0 Å². The average molecular weight is 608 g/mol. The van der Waals surface area contributed by atoms with Crippen molar-refractivity contribution in [3.05, 3.63) is 65.7 Å². The van der Waals surface area contributed by atoms with Gasteiger partial charge in [-0.05, 0) is 29.7 Å². The Balaban J connectivity index is 1.29. The van der Waals surface area contributed by atoms with Crippen LogP contribution < -0.4 is 4.74 Å². The predicted octanol–water partition coefficient (Wildman–Crippen LogP) is 6.27. The number of rotatable bonds is 11. The minimum atomic E-state index is -1.25. The van der Waals surface area contributed by atoms with Gasteiger partial charge >= 0.3 is 6.01 Å². The summed E-state index contributed by atoms with van der Waals surface area (Å²) in [6.07, 6.45) is 0.0232. The molecule has 0 amide bonds. The van der Waals surface area contributed by atoms with Gasteiger partial charge in [0.25, 0.3) is 0 Å². The van der Waals surface area contributed by atoms with Crippen molar-refractivity contribution >= 4 is 30.8 Å². The minimum absolute atomic E-state index is 0.0917. The van der Waals surface area contributed by atoms with Gasteiger partial charge < -0.3 is 24.1 Å². The molecule has 2 fully saturated rings. The molecule has 2 aromatic heterocycles. The highest BCUT2D eigenvalue weighted by molar-refractivity contribution is 6.76. The van der Waals surface area contributed by atoms with Crippen molar-refractivity contribution in [2.45, 2.75) is 57.1 Å². The molecular formula is C32H38ClN3O5Si. The summed E-state index contributed by atoms with van der Waals surface area (Å²) < 4.78 is 26.6. The Labute approximate surface area is 252 Å². The van der Waals surface area contributed by atoms with Gasteiger partial charge in [-0.15, -0.1) is 0 Å². The molecule has 0 bridgehead atoms. The van der Waals surface area contributed by atoms with Crippen LogP contribution in [0.3, 0.4) is 0 Å². The highest BCUT2D eigenvalue weighted by Crippen LogP contribution is 2.36. The number of hydrogen-bond donors (Lipinski definition) is 1. The topological polar surface area (TPSA) is 87.9 Å². The fourth-order valence-corrected chi connectivity index (χ4v) is 6.61. The molecule has 222 valence electrons. The zero-order chi connectivity index (χ0) is 29.3. The third-order valence-electron chi connectivity index (χ3n) is 8.01. The zero-order valence-corrected chi connectivity index (χ0v) is 26.1. The molecule has 4 atom stereocenters. The molecule has 0 radical (unpaired) electrons. The van der Waals surface area contributed by atoms with Crippen LogP contribution in [-0.4, -0.2) is 72.5 Å². The van der Waals surface area contributed by atoms with E-state index in [1.165, 1.54) is 0 Å². The Morgan fingerprint density at radius 1 is 0.952 bits per heavy atom. The summed E-state index contributed by atoms with van der Waals surface area (Å²) in [5.41, 5.74) is 5.13. The third-order valence-corrected chi connectivity index (χ3v) is 10.0. The average Bonchev–Trinajstić information content (AvgIpc) is 3.66. The molecule has 0 saturated carbocycles. The van der Waals surface area contributed by atoms with E-state index in [4.69, 9.17) is 40.5 Å². The van der Waals surface area contributed by atoms with Crippen molar-refractivity contribution in [2.24, 2.45) is 5.92 Å². The van der Waals surface area contributed by atoms with E-state index in [1.54, 1.807) is 0 Å². The molecule has 1 unspecified atom stereocenters. The second-order valence-electron chi connectivity index (χ2n) is 12.3. The quantitative estimate of drug-likeness (QED) is 0.159. The van der Waals surface area contributed by atoms with E-state index in [-0.39, 0.29) is 37.6 Å². The number of aliphatic hydroxyl groups excluding tert-OH is 1. The van der Waals surface area contributed by atoms with Gasteiger partial charge in [-0.3, -0.25) is 4.57 Å². The number of imidazole rings is 1. The van der Waals surface area contributed by atoms with Gasteiger partial charge in [-0.25, -0.2) is 4.98 Å². The number of nitrogens with zero attached hydrogens (tertiary/aromatic N) is 3. The van der Waals surface area contributed by atoms with E-state index in [1.807, 2.05) is 41.0 Å². The molecule has 1 N–H and O–H groups in total. The van der Waals surface area contributed by atoms with Crippen LogP contribution in [0.1, 0.15) is 6.42 Å². The molecule has 42 heavy (non-hydrogen) atoms. The lowest BCUT2D eigenvalue weighted by Gasteiger charge is -2.19. The summed E-state index contributed by atoms with van der Waals surface area (Å²) in [7, 11) is -1.25. The summed E-state index contributed by atoms with van der Waals surface area (Å²) in [4.78, 5) is 9.70. The fraction of sp³-hybridized carbons (Fsp3) is 0.438. The Morgan fingerprint density at radius 3 is 2.40 bits per heavy atom. The van der Waals surface area contributed by atoms with Gasteiger partial charge in [0, 0.05) is 32.8 Å². The van der Waals surface area contributed by atoms with Crippen LogP contribution in [0.4, 0.5) is 0 Å². The van der Waals surface area contributed by atoms with Crippen LogP contribution in [0, 0.1) is 5.92 Å². The molecule has 2 aliphatic rings. The van der Waals surface area contributed by atoms with Crippen LogP contribution >= 0.6 is 11.6 Å². The fourth-order valence-electron chi connectivity index (χ4n) is 5.60. The van der Waals surface area contributed by atoms with Crippen molar-refractivity contribution in [3.8, 4) is 28.4 Å². The van der Waals surface area contributed by atoms with Gasteiger partial charge in [0.15, 0.2) is 11.8 Å². The van der Waals surface area contributed by atoms with Crippen LogP contribution in [0.5, 0.6) is 6.01 Å². The molecule has 4 aromatic rings. The zero-order valence-electron chi connectivity index (χ0n) is 24.3.